The summed E-state index contributed by atoms with van der Waals surface area (Å²) in [6, 6.07) is 0. The van der Waals surface area contributed by atoms with Crippen molar-refractivity contribution in [1.82, 2.24) is 0 Å². The number of allylic oxidation sites excluding steroid dienone is 2. The van der Waals surface area contributed by atoms with Gasteiger partial charge in [0, 0.05) is 6.08 Å². The molecule has 0 radical (unpaired) electrons. The predicted octanol–water partition coefficient (Wildman–Crippen LogP) is -8.18. The van der Waals surface area contributed by atoms with Gasteiger partial charge in [-0.1, -0.05) is 6.92 Å². The fourth-order valence-corrected chi connectivity index (χ4v) is 0.230. The second-order valence-electron chi connectivity index (χ2n) is 1.30. The number of halogens is 6. The molecule has 0 rings (SSSR count). The van der Waals surface area contributed by atoms with Crippen LogP contribution >= 0.6 is 0 Å². The average molecular weight is 279 g/mol. The maximum atomic E-state index is 11.0. The zero-order valence-corrected chi connectivity index (χ0v) is 9.58. The third-order valence-corrected chi connectivity index (χ3v) is 0.367. The van der Waals surface area contributed by atoms with E-state index >= 15 is 0 Å². The number of hydrogen-bond donors (Lipinski definition) is 0. The van der Waals surface area contributed by atoms with E-state index in [0.717, 1.165) is 6.92 Å². The fourth-order valence-electron chi connectivity index (χ4n) is 0.230. The van der Waals surface area contributed by atoms with E-state index in [0.29, 0.717) is 0 Å². The van der Waals surface area contributed by atoms with E-state index in [2.05, 4.69) is 0 Å². The summed E-state index contributed by atoms with van der Waals surface area (Å²) in [4.78, 5) is 0. The van der Waals surface area contributed by atoms with Crippen LogP contribution in [-0.2, 0) is 21.7 Å². The molecule has 0 fully saturated rings. The first-order chi connectivity index (χ1) is 3.42. The van der Waals surface area contributed by atoms with Gasteiger partial charge in [0.25, 0.3) is 0 Å². The molecule has 0 atom stereocenters. The quantitative estimate of drug-likeness (QED) is 0.319. The zero-order chi connectivity index (χ0) is 6.78. The van der Waals surface area contributed by atoms with E-state index in [1.807, 2.05) is 0 Å². The molecule has 0 saturated carbocycles. The smallest absolute Gasteiger partial charge is 1.00 e. The Morgan fingerprint density at radius 1 is 1.17 bits per heavy atom. The average Bonchev–Trinajstić information content (AvgIpc) is 1.21. The summed E-state index contributed by atoms with van der Waals surface area (Å²) in [6.45, 7) is 0.855. The van der Waals surface area contributed by atoms with Gasteiger partial charge in [-0.15, -0.1) is 5.76 Å². The minimum absolute atomic E-state index is 0. The van der Waals surface area contributed by atoms with Crippen molar-refractivity contribution in [2.45, 2.75) is 13.1 Å². The van der Waals surface area contributed by atoms with Crippen LogP contribution in [0.25, 0.3) is 0 Å². The molecule has 0 aliphatic heterocycles. The van der Waals surface area contributed by atoms with Gasteiger partial charge in [-0.25, -0.2) is 0 Å². The van der Waals surface area contributed by atoms with E-state index in [-0.39, 0.29) is 65.0 Å². The Morgan fingerprint density at radius 3 is 1.42 bits per heavy atom. The maximum absolute atomic E-state index is 11.0. The normalized spacial score (nSPS) is 9.50. The van der Waals surface area contributed by atoms with Crippen molar-refractivity contribution in [3.8, 4) is 0 Å². The van der Waals surface area contributed by atoms with Gasteiger partial charge in [-0.2, -0.15) is 13.2 Å². The van der Waals surface area contributed by atoms with E-state index in [1.165, 1.54) is 0 Å². The van der Waals surface area contributed by atoms with E-state index in [4.69, 9.17) is 0 Å². The van der Waals surface area contributed by atoms with Crippen LogP contribution in [-0.4, -0.2) is 6.18 Å². The fraction of sp³-hybridized carbons (Fsp3) is 0.500. The van der Waals surface area contributed by atoms with Gasteiger partial charge in [-0.05, 0) is 0 Å². The van der Waals surface area contributed by atoms with Crippen molar-refractivity contribution in [3.05, 3.63) is 11.8 Å². The second kappa shape index (κ2) is 11.9. The van der Waals surface area contributed by atoms with Crippen molar-refractivity contribution in [2.24, 2.45) is 0 Å². The molecular weight excluding hydrogens is 275 g/mol. The second-order valence-corrected chi connectivity index (χ2v) is 1.30. The first-order valence-electron chi connectivity index (χ1n) is 1.85. The molecule has 0 aliphatic rings. The van der Waals surface area contributed by atoms with Crippen LogP contribution in [0.5, 0.6) is 0 Å². The predicted molar refractivity (Wildman–Crippen MR) is 19.8 cm³/mol. The van der Waals surface area contributed by atoms with Gasteiger partial charge in [-0.3, -0.25) is 0 Å². The Bertz CT molecular complexity index is 113. The zero-order valence-electron chi connectivity index (χ0n) is 5.75. The molecule has 0 aromatic heterocycles. The molecule has 12 heavy (non-hydrogen) atoms. The first kappa shape index (κ1) is 29.3. The van der Waals surface area contributed by atoms with E-state index in [9.17, 15) is 18.3 Å². The van der Waals surface area contributed by atoms with Gasteiger partial charge in [0.05, 0.1) is 0 Å². The minimum Gasteiger partial charge on any atom is -1.00 e. The monoisotopic (exact) mass is 278 g/mol. The van der Waals surface area contributed by atoms with Crippen molar-refractivity contribution >= 4 is 0 Å². The van der Waals surface area contributed by atoms with Crippen LogP contribution in [0.15, 0.2) is 11.8 Å². The summed E-state index contributed by atoms with van der Waals surface area (Å²) in [7, 11) is 0. The van der Waals surface area contributed by atoms with Crippen LogP contribution in [0.1, 0.15) is 6.92 Å². The Kier molecular flexibility index (Phi) is 29.1. The molecule has 0 heterocycles. The van der Waals surface area contributed by atoms with Crippen molar-refractivity contribution < 1.29 is 77.2 Å². The van der Waals surface area contributed by atoms with Crippen LogP contribution in [0.3, 0.4) is 0 Å². The van der Waals surface area contributed by atoms with Crippen molar-refractivity contribution in [1.29, 1.82) is 0 Å². The number of rotatable bonds is 0. The largest absolute Gasteiger partial charge is 4.00 e. The Labute approximate surface area is 102 Å². The topological polar surface area (TPSA) is 23.1 Å². The van der Waals surface area contributed by atoms with Gasteiger partial charge in [0.1, 0.15) is 0 Å². The van der Waals surface area contributed by atoms with Gasteiger partial charge < -0.3 is 42.3 Å². The molecule has 0 amide bonds. The van der Waals surface area contributed by atoms with E-state index in [1.54, 1.807) is 0 Å². The molecule has 8 heteroatoms. The number of hydrogen-bond acceptors (Lipinski definition) is 1. The summed E-state index contributed by atoms with van der Waals surface area (Å²) in [5.41, 5.74) is 0. The molecule has 0 unspecified atom stereocenters. The third kappa shape index (κ3) is 30.7. The molecule has 72 valence electrons. The summed E-state index contributed by atoms with van der Waals surface area (Å²) in [6.07, 6.45) is -4.74. The van der Waals surface area contributed by atoms with Crippen molar-refractivity contribution in [2.75, 3.05) is 0 Å². The standard InChI is InChI=1S/C4H5F3O.3ClH.Ti/c1-3(8)2-4(5,6)7;;;;/h2,8H,1H3;3*1H;/q;;;;+4/p-4/b3-2-;;;;. The molecule has 1 nitrogen and oxygen atoms in total. The van der Waals surface area contributed by atoms with Gasteiger partial charge in [0.15, 0.2) is 0 Å². The number of alkyl halides is 3. The Morgan fingerprint density at radius 2 is 1.42 bits per heavy atom. The van der Waals surface area contributed by atoms with Crippen LogP contribution in [0.2, 0.25) is 0 Å². The molecule has 0 bridgehead atoms. The summed E-state index contributed by atoms with van der Waals surface area (Å²) in [5, 5.41) is 9.68. The molecule has 0 spiro atoms. The van der Waals surface area contributed by atoms with Crippen LogP contribution in [0, 0.1) is 0 Å². The Hall–Kier alpha value is 0.914. The van der Waals surface area contributed by atoms with Gasteiger partial charge in [0.2, 0.25) is 0 Å². The molecule has 0 aromatic rings. The summed E-state index contributed by atoms with van der Waals surface area (Å²) in [5.74, 6) is -0.975. The molecule has 0 aliphatic carbocycles. The van der Waals surface area contributed by atoms with Crippen LogP contribution in [0.4, 0.5) is 13.2 Å². The summed E-state index contributed by atoms with van der Waals surface area (Å²) < 4.78 is 33.1. The Balaban J connectivity index is -0.0000000408. The van der Waals surface area contributed by atoms with Crippen LogP contribution < -0.4 is 42.3 Å². The minimum atomic E-state index is -4.45. The maximum Gasteiger partial charge on any atom is 4.00 e. The third-order valence-electron chi connectivity index (χ3n) is 0.367. The molecule has 0 N–H and O–H groups in total. The summed E-state index contributed by atoms with van der Waals surface area (Å²) >= 11 is 0. The van der Waals surface area contributed by atoms with E-state index < -0.39 is 11.9 Å². The molecule has 0 aromatic carbocycles. The van der Waals surface area contributed by atoms with Gasteiger partial charge >= 0.3 is 27.9 Å². The molecular formula is C4H4Cl3F3OTi. The van der Waals surface area contributed by atoms with Crippen molar-refractivity contribution in [3.63, 3.8) is 0 Å². The SMILES string of the molecule is C/C([O-])=C/C(F)(F)F.[Cl-].[Cl-].[Cl-].[Ti+4]. The molecule has 0 saturated heterocycles. The first-order valence-corrected chi connectivity index (χ1v) is 1.85.